The molecule has 7 heteroatoms. The third-order valence-electron chi connectivity index (χ3n) is 3.18. The highest BCUT2D eigenvalue weighted by molar-refractivity contribution is 7.92. The number of para-hydroxylation sites is 1. The number of hydrogen-bond donors (Lipinski definition) is 1. The number of anilines is 1. The molecule has 0 saturated carbocycles. The molecule has 0 atom stereocenters. The molecule has 6 nitrogen and oxygen atoms in total. The maximum absolute atomic E-state index is 12.8. The summed E-state index contributed by atoms with van der Waals surface area (Å²) in [7, 11) is -3.86. The summed E-state index contributed by atoms with van der Waals surface area (Å²) in [6.07, 6.45) is -0.0929. The minimum atomic E-state index is -3.86. The highest BCUT2D eigenvalue weighted by atomic mass is 32.2. The Hall–Kier alpha value is -2.85. The van der Waals surface area contributed by atoms with E-state index >= 15 is 0 Å². The molecule has 2 N–H and O–H groups in total. The lowest BCUT2D eigenvalue weighted by molar-refractivity contribution is -0.117. The van der Waals surface area contributed by atoms with Crippen molar-refractivity contribution < 1.29 is 13.2 Å². The fourth-order valence-electron chi connectivity index (χ4n) is 2.02. The van der Waals surface area contributed by atoms with Crippen LogP contribution in [0.15, 0.2) is 59.5 Å². The molecule has 0 unspecified atom stereocenters. The van der Waals surface area contributed by atoms with Crippen molar-refractivity contribution in [3.8, 4) is 6.07 Å². The van der Waals surface area contributed by atoms with Crippen molar-refractivity contribution in [2.75, 3.05) is 10.8 Å². The van der Waals surface area contributed by atoms with Gasteiger partial charge in [-0.2, -0.15) is 5.26 Å². The molecule has 0 radical (unpaired) electrons. The molecule has 2 aromatic carbocycles. The molecular formula is C16H15N3O3S. The van der Waals surface area contributed by atoms with E-state index < -0.39 is 15.9 Å². The van der Waals surface area contributed by atoms with Gasteiger partial charge in [0.2, 0.25) is 5.91 Å². The van der Waals surface area contributed by atoms with Gasteiger partial charge in [-0.1, -0.05) is 18.2 Å². The molecule has 0 saturated heterocycles. The van der Waals surface area contributed by atoms with Crippen LogP contribution in [0.1, 0.15) is 12.0 Å². The van der Waals surface area contributed by atoms with Crippen molar-refractivity contribution in [2.45, 2.75) is 11.3 Å². The fourth-order valence-corrected chi connectivity index (χ4v) is 3.49. The van der Waals surface area contributed by atoms with E-state index in [1.54, 1.807) is 30.3 Å². The highest BCUT2D eigenvalue weighted by Gasteiger charge is 2.25. The first-order valence-electron chi connectivity index (χ1n) is 6.81. The monoisotopic (exact) mass is 329 g/mol. The summed E-state index contributed by atoms with van der Waals surface area (Å²) in [4.78, 5) is 11.1. The number of nitriles is 1. The Morgan fingerprint density at radius 1 is 1.09 bits per heavy atom. The molecule has 0 aromatic heterocycles. The SMILES string of the molecule is N#Cc1ccc(S(=O)(=O)N(CCC(N)=O)c2ccccc2)cc1. The third kappa shape index (κ3) is 3.87. The standard InChI is InChI=1S/C16H15N3O3S/c17-12-13-6-8-15(9-7-13)23(21,22)19(11-10-16(18)20)14-4-2-1-3-5-14/h1-9H,10-11H2,(H2,18,20). The molecule has 0 aliphatic carbocycles. The highest BCUT2D eigenvalue weighted by Crippen LogP contribution is 2.24. The summed E-state index contributed by atoms with van der Waals surface area (Å²) < 4.78 is 26.8. The molecule has 0 fully saturated rings. The van der Waals surface area contributed by atoms with E-state index in [2.05, 4.69) is 0 Å². The molecule has 0 heterocycles. The van der Waals surface area contributed by atoms with Gasteiger partial charge in [0.1, 0.15) is 0 Å². The lowest BCUT2D eigenvalue weighted by Crippen LogP contribution is -2.34. The predicted octanol–water partition coefficient (Wildman–Crippen LogP) is 1.63. The number of nitrogens with zero attached hydrogens (tertiary/aromatic N) is 2. The molecule has 118 valence electrons. The largest absolute Gasteiger partial charge is 0.370 e. The average molecular weight is 329 g/mol. The smallest absolute Gasteiger partial charge is 0.264 e. The van der Waals surface area contributed by atoms with Gasteiger partial charge in [-0.25, -0.2) is 8.42 Å². The van der Waals surface area contributed by atoms with Crippen molar-refractivity contribution >= 4 is 21.6 Å². The maximum atomic E-state index is 12.8. The van der Waals surface area contributed by atoms with Crippen molar-refractivity contribution in [3.63, 3.8) is 0 Å². The van der Waals surface area contributed by atoms with Crippen molar-refractivity contribution in [1.29, 1.82) is 5.26 Å². The summed E-state index contributed by atoms with van der Waals surface area (Å²) in [5, 5.41) is 8.80. The number of carbonyl (C=O) groups is 1. The van der Waals surface area contributed by atoms with Gasteiger partial charge in [0.05, 0.1) is 22.2 Å². The van der Waals surface area contributed by atoms with Gasteiger partial charge in [0.25, 0.3) is 10.0 Å². The normalized spacial score (nSPS) is 10.7. The first-order chi connectivity index (χ1) is 10.9. The van der Waals surface area contributed by atoms with Crippen molar-refractivity contribution in [1.82, 2.24) is 0 Å². The van der Waals surface area contributed by atoms with Crippen LogP contribution in [0, 0.1) is 11.3 Å². The van der Waals surface area contributed by atoms with Crippen LogP contribution in [0.2, 0.25) is 0 Å². The van der Waals surface area contributed by atoms with Gasteiger partial charge in [0.15, 0.2) is 0 Å². The fraction of sp³-hybridized carbons (Fsp3) is 0.125. The number of amides is 1. The Morgan fingerprint density at radius 2 is 1.70 bits per heavy atom. The summed E-state index contributed by atoms with van der Waals surface area (Å²) in [5.74, 6) is -0.582. The number of rotatable bonds is 6. The molecule has 2 rings (SSSR count). The minimum absolute atomic E-state index is 0.0461. The second-order valence-corrected chi connectivity index (χ2v) is 6.63. The molecule has 0 bridgehead atoms. The molecule has 0 spiro atoms. The molecule has 2 aromatic rings. The zero-order chi connectivity index (χ0) is 16.9. The zero-order valence-corrected chi connectivity index (χ0v) is 13.0. The van der Waals surface area contributed by atoms with Crippen LogP contribution in [-0.2, 0) is 14.8 Å². The second kappa shape index (κ2) is 6.94. The first-order valence-corrected chi connectivity index (χ1v) is 8.25. The number of nitrogens with two attached hydrogens (primary N) is 1. The van der Waals surface area contributed by atoms with Crippen LogP contribution >= 0.6 is 0 Å². The molecule has 0 aliphatic rings. The van der Waals surface area contributed by atoms with Crippen LogP contribution in [0.3, 0.4) is 0 Å². The van der Waals surface area contributed by atoms with E-state index in [1.807, 2.05) is 6.07 Å². The Kier molecular flexibility index (Phi) is 4.98. The van der Waals surface area contributed by atoms with Crippen molar-refractivity contribution in [2.24, 2.45) is 5.73 Å². The van der Waals surface area contributed by atoms with Crippen LogP contribution < -0.4 is 10.0 Å². The molecule has 0 aliphatic heterocycles. The van der Waals surface area contributed by atoms with Gasteiger partial charge in [-0.15, -0.1) is 0 Å². The predicted molar refractivity (Wildman–Crippen MR) is 85.9 cm³/mol. The van der Waals surface area contributed by atoms with E-state index in [0.29, 0.717) is 11.3 Å². The molecule has 23 heavy (non-hydrogen) atoms. The third-order valence-corrected chi connectivity index (χ3v) is 5.02. The Bertz CT molecular complexity index is 825. The van der Waals surface area contributed by atoms with E-state index in [0.717, 1.165) is 4.31 Å². The lowest BCUT2D eigenvalue weighted by Gasteiger charge is -2.24. The van der Waals surface area contributed by atoms with E-state index in [-0.39, 0.29) is 17.9 Å². The minimum Gasteiger partial charge on any atom is -0.370 e. The van der Waals surface area contributed by atoms with Gasteiger partial charge in [-0.05, 0) is 36.4 Å². The second-order valence-electron chi connectivity index (χ2n) is 4.77. The maximum Gasteiger partial charge on any atom is 0.264 e. The molecule has 1 amide bonds. The lowest BCUT2D eigenvalue weighted by atomic mass is 10.2. The summed E-state index contributed by atoms with van der Waals surface area (Å²) in [6, 6.07) is 16.0. The van der Waals surface area contributed by atoms with E-state index in [4.69, 9.17) is 11.0 Å². The first kappa shape index (κ1) is 16.5. The van der Waals surface area contributed by atoms with Crippen LogP contribution in [0.4, 0.5) is 5.69 Å². The Balaban J connectivity index is 2.43. The number of carbonyl (C=O) groups excluding carboxylic acids is 1. The summed E-state index contributed by atoms with van der Waals surface area (Å²) in [5.41, 5.74) is 5.95. The zero-order valence-electron chi connectivity index (χ0n) is 12.2. The quantitative estimate of drug-likeness (QED) is 0.869. The van der Waals surface area contributed by atoms with Gasteiger partial charge in [-0.3, -0.25) is 9.10 Å². The topological polar surface area (TPSA) is 104 Å². The number of benzene rings is 2. The van der Waals surface area contributed by atoms with Crippen molar-refractivity contribution in [3.05, 3.63) is 60.2 Å². The Morgan fingerprint density at radius 3 is 2.22 bits per heavy atom. The Labute approximate surface area is 134 Å². The molecular weight excluding hydrogens is 314 g/mol. The van der Waals surface area contributed by atoms with Crippen LogP contribution in [0.5, 0.6) is 0 Å². The van der Waals surface area contributed by atoms with Gasteiger partial charge < -0.3 is 5.73 Å². The number of primary amides is 1. The van der Waals surface area contributed by atoms with E-state index in [1.165, 1.54) is 24.3 Å². The average Bonchev–Trinajstić information content (AvgIpc) is 2.55. The summed E-state index contributed by atoms with van der Waals surface area (Å²) in [6.45, 7) is -0.0539. The number of hydrogen-bond acceptors (Lipinski definition) is 4. The number of sulfonamides is 1. The van der Waals surface area contributed by atoms with Crippen LogP contribution in [-0.4, -0.2) is 20.9 Å². The van der Waals surface area contributed by atoms with Gasteiger partial charge >= 0.3 is 0 Å². The van der Waals surface area contributed by atoms with Crippen LogP contribution in [0.25, 0.3) is 0 Å². The van der Waals surface area contributed by atoms with E-state index in [9.17, 15) is 13.2 Å². The summed E-state index contributed by atoms with van der Waals surface area (Å²) >= 11 is 0. The van der Waals surface area contributed by atoms with Gasteiger partial charge in [0, 0.05) is 13.0 Å².